The average molecular weight is 881 g/mol. The molecule has 0 N–H and O–H groups in total. The van der Waals surface area contributed by atoms with E-state index in [1.54, 1.807) is 42.5 Å². The van der Waals surface area contributed by atoms with Crippen LogP contribution in [0.4, 0.5) is 13.2 Å². The van der Waals surface area contributed by atoms with Crippen molar-refractivity contribution < 1.29 is 13.2 Å². The van der Waals surface area contributed by atoms with Crippen molar-refractivity contribution >= 4 is 43.6 Å². The average Bonchev–Trinajstić information content (AvgIpc) is 3.90. The third kappa shape index (κ3) is 6.79. The Morgan fingerprint density at radius 3 is 1.19 bits per heavy atom. The van der Waals surface area contributed by atoms with Crippen molar-refractivity contribution in [3.05, 3.63) is 216 Å². The van der Waals surface area contributed by atoms with Gasteiger partial charge in [-0.2, -0.15) is 34.2 Å². The highest BCUT2D eigenvalue weighted by molar-refractivity contribution is 6.13. The van der Waals surface area contributed by atoms with Crippen molar-refractivity contribution in [3.63, 3.8) is 0 Å². The second-order valence-electron chi connectivity index (χ2n) is 16.5. The minimum absolute atomic E-state index is 0.0753. The van der Waals surface area contributed by atoms with Crippen LogP contribution in [0.15, 0.2) is 188 Å². The molecule has 0 fully saturated rings. The van der Waals surface area contributed by atoms with Crippen LogP contribution in [0.3, 0.4) is 0 Å². The van der Waals surface area contributed by atoms with Gasteiger partial charge in [0.15, 0.2) is 0 Å². The number of para-hydroxylation sites is 2. The van der Waals surface area contributed by atoms with Gasteiger partial charge in [0.1, 0.15) is 0 Å². The summed E-state index contributed by atoms with van der Waals surface area (Å²) in [6.07, 6.45) is -4.76. The van der Waals surface area contributed by atoms with Crippen molar-refractivity contribution in [2.24, 2.45) is 0 Å². The Morgan fingerprint density at radius 1 is 0.324 bits per heavy atom. The molecule has 0 aliphatic carbocycles. The molecule has 0 unspecified atom stereocenters. The van der Waals surface area contributed by atoms with Crippen LogP contribution in [0.2, 0.25) is 0 Å². The van der Waals surface area contributed by atoms with Gasteiger partial charge in [0, 0.05) is 32.7 Å². The molecule has 11 rings (SSSR count). The maximum atomic E-state index is 14.9. The van der Waals surface area contributed by atoms with E-state index in [1.807, 2.05) is 109 Å². The molecular formula is C59H31F3N6. The molecule has 0 atom stereocenters. The first-order valence-electron chi connectivity index (χ1n) is 21.5. The number of nitrogens with zero attached hydrogens (tertiary/aromatic N) is 6. The number of fused-ring (bicyclic) bond motifs is 6. The molecule has 0 saturated heterocycles. The van der Waals surface area contributed by atoms with Crippen LogP contribution in [0.1, 0.15) is 27.8 Å². The van der Waals surface area contributed by atoms with E-state index >= 15 is 0 Å². The van der Waals surface area contributed by atoms with Gasteiger partial charge < -0.3 is 9.13 Å². The molecule has 318 valence electrons. The molecule has 0 amide bonds. The predicted octanol–water partition coefficient (Wildman–Crippen LogP) is 15.1. The summed E-state index contributed by atoms with van der Waals surface area (Å²) in [4.78, 5) is 0. The van der Waals surface area contributed by atoms with Crippen LogP contribution in [0.5, 0.6) is 0 Å². The van der Waals surface area contributed by atoms with Crippen LogP contribution in [-0.2, 0) is 6.18 Å². The Bertz CT molecular complexity index is 4050. The quantitative estimate of drug-likeness (QED) is 0.166. The molecule has 0 aliphatic rings. The van der Waals surface area contributed by atoms with E-state index in [2.05, 4.69) is 51.6 Å². The fourth-order valence-corrected chi connectivity index (χ4v) is 9.52. The highest BCUT2D eigenvalue weighted by Crippen LogP contribution is 2.45. The molecule has 9 aromatic carbocycles. The first-order valence-corrected chi connectivity index (χ1v) is 21.5. The third-order valence-corrected chi connectivity index (χ3v) is 12.7. The van der Waals surface area contributed by atoms with Gasteiger partial charge in [-0.25, -0.2) is 0 Å². The molecule has 11 aromatic rings. The van der Waals surface area contributed by atoms with Gasteiger partial charge in [0.2, 0.25) is 0 Å². The molecule has 9 heteroatoms. The van der Waals surface area contributed by atoms with E-state index in [-0.39, 0.29) is 11.1 Å². The van der Waals surface area contributed by atoms with E-state index in [0.29, 0.717) is 39.2 Å². The van der Waals surface area contributed by atoms with Gasteiger partial charge >= 0.3 is 6.18 Å². The summed E-state index contributed by atoms with van der Waals surface area (Å²) in [7, 11) is 0. The summed E-state index contributed by atoms with van der Waals surface area (Å²) in [6, 6.07) is 66.1. The van der Waals surface area contributed by atoms with Gasteiger partial charge in [0.05, 0.1) is 85.5 Å². The molecule has 68 heavy (non-hydrogen) atoms. The number of hydrogen-bond acceptors (Lipinski definition) is 4. The molecule has 0 spiro atoms. The van der Waals surface area contributed by atoms with Crippen LogP contribution in [-0.4, -0.2) is 9.13 Å². The Hall–Kier alpha value is -9.67. The van der Waals surface area contributed by atoms with E-state index in [0.717, 1.165) is 77.5 Å². The summed E-state index contributed by atoms with van der Waals surface area (Å²) in [5.41, 5.74) is 10.6. The number of rotatable bonds is 6. The molecule has 0 bridgehead atoms. The highest BCUT2D eigenvalue weighted by atomic mass is 19.4. The molecule has 0 saturated carbocycles. The fourth-order valence-electron chi connectivity index (χ4n) is 9.52. The van der Waals surface area contributed by atoms with Crippen LogP contribution < -0.4 is 0 Å². The summed E-state index contributed by atoms with van der Waals surface area (Å²) in [5.74, 6) is 0. The van der Waals surface area contributed by atoms with Gasteiger partial charge in [-0.05, 0) is 124 Å². The highest BCUT2D eigenvalue weighted by Gasteiger charge is 2.34. The van der Waals surface area contributed by atoms with Crippen molar-refractivity contribution in [3.8, 4) is 80.2 Å². The number of benzene rings is 9. The second kappa shape index (κ2) is 16.1. The topological polar surface area (TPSA) is 105 Å². The fraction of sp³-hybridized carbons (Fsp3) is 0.0169. The minimum atomic E-state index is -4.76. The zero-order valence-corrected chi connectivity index (χ0v) is 35.7. The number of hydrogen-bond donors (Lipinski definition) is 0. The zero-order chi connectivity index (χ0) is 46.7. The third-order valence-electron chi connectivity index (χ3n) is 12.7. The lowest BCUT2D eigenvalue weighted by atomic mass is 9.93. The normalized spacial score (nSPS) is 11.4. The Labute approximate surface area is 387 Å². The van der Waals surface area contributed by atoms with Gasteiger partial charge in [0.25, 0.3) is 0 Å². The van der Waals surface area contributed by atoms with Crippen molar-refractivity contribution in [2.45, 2.75) is 6.18 Å². The van der Waals surface area contributed by atoms with Crippen LogP contribution in [0.25, 0.3) is 99.5 Å². The molecular weight excluding hydrogens is 850 g/mol. The number of nitriles is 4. The Morgan fingerprint density at radius 2 is 0.706 bits per heavy atom. The zero-order valence-electron chi connectivity index (χ0n) is 35.7. The summed E-state index contributed by atoms with van der Waals surface area (Å²) >= 11 is 0. The monoisotopic (exact) mass is 880 g/mol. The molecule has 6 nitrogen and oxygen atoms in total. The lowest BCUT2D eigenvalue weighted by Gasteiger charge is -2.21. The standard InChI is InChI=1S/C59H31F3N6/c60-59(61,62)52-27-38(34-65)13-22-45(52)44-19-24-49(58(31-44)68-54-8-4-2-6-47(54)51-30-43(21-26-56(51)68)41-17-11-37(33-64)12-18-41)48-23-14-39(35-66)28-57(48)67-53-7-3-1-5-46(53)50-29-42(20-25-55(50)67)40-15-9-36(32-63)10-16-40/h1-31H. The lowest BCUT2D eigenvalue weighted by Crippen LogP contribution is -2.08. The largest absolute Gasteiger partial charge is 0.417 e. The van der Waals surface area contributed by atoms with Crippen molar-refractivity contribution in [2.75, 3.05) is 0 Å². The Balaban J connectivity index is 1.21. The van der Waals surface area contributed by atoms with Crippen molar-refractivity contribution in [1.82, 2.24) is 9.13 Å². The smallest absolute Gasteiger partial charge is 0.309 e. The van der Waals surface area contributed by atoms with Crippen LogP contribution in [0, 0.1) is 45.3 Å². The lowest BCUT2D eigenvalue weighted by molar-refractivity contribution is -0.137. The number of halogens is 3. The van der Waals surface area contributed by atoms with Crippen molar-refractivity contribution in [1.29, 1.82) is 21.0 Å². The van der Waals surface area contributed by atoms with Gasteiger partial charge in [-0.1, -0.05) is 97.1 Å². The van der Waals surface area contributed by atoms with Gasteiger partial charge in [-0.3, -0.25) is 0 Å². The molecule has 2 heterocycles. The first-order chi connectivity index (χ1) is 33.1. The van der Waals surface area contributed by atoms with E-state index < -0.39 is 11.7 Å². The maximum absolute atomic E-state index is 14.9. The summed E-state index contributed by atoms with van der Waals surface area (Å²) in [5, 5.41) is 42.7. The van der Waals surface area contributed by atoms with E-state index in [1.165, 1.54) is 12.1 Å². The number of alkyl halides is 3. The minimum Gasteiger partial charge on any atom is -0.309 e. The Kier molecular flexibility index (Phi) is 9.72. The summed E-state index contributed by atoms with van der Waals surface area (Å²) < 4.78 is 49.0. The molecule has 0 aliphatic heterocycles. The predicted molar refractivity (Wildman–Crippen MR) is 261 cm³/mol. The number of aromatic nitrogens is 2. The summed E-state index contributed by atoms with van der Waals surface area (Å²) in [6.45, 7) is 0. The first kappa shape index (κ1) is 41.1. The van der Waals surface area contributed by atoms with Gasteiger partial charge in [-0.15, -0.1) is 0 Å². The molecule has 2 aromatic heterocycles. The SMILES string of the molecule is N#Cc1ccc(-c2ccc3c(c2)c2ccccc2n3-c2cc(C#N)ccc2-c2ccc(-c3ccc(C#N)cc3C(F)(F)F)cc2-n2c3ccccc3c3cc(-c4ccc(C#N)cc4)ccc32)cc1. The molecule has 0 radical (unpaired) electrons. The van der Waals surface area contributed by atoms with E-state index in [9.17, 15) is 34.2 Å². The second-order valence-corrected chi connectivity index (χ2v) is 16.5. The van der Waals surface area contributed by atoms with E-state index in [4.69, 9.17) is 0 Å². The maximum Gasteiger partial charge on any atom is 0.417 e. The van der Waals surface area contributed by atoms with Crippen LogP contribution >= 0.6 is 0 Å².